The Morgan fingerprint density at radius 1 is 1.30 bits per heavy atom. The summed E-state index contributed by atoms with van der Waals surface area (Å²) in [4.78, 5) is 2.53. The molecule has 0 bridgehead atoms. The zero-order chi connectivity index (χ0) is 14.2. The molecular weight excluding hydrogens is 274 g/mol. The highest BCUT2D eigenvalue weighted by atomic mass is 32.2. The SMILES string of the molecule is N#Cc1cccc(S(=O)(=O)NC2CCN(C3CC3)C2)c1. The third-order valence-corrected chi connectivity index (χ3v) is 5.40. The average molecular weight is 291 g/mol. The number of sulfonamides is 1. The van der Waals surface area contributed by atoms with Crippen molar-refractivity contribution in [3.05, 3.63) is 29.8 Å². The Morgan fingerprint density at radius 3 is 2.80 bits per heavy atom. The van der Waals surface area contributed by atoms with E-state index in [4.69, 9.17) is 5.26 Å². The Hall–Kier alpha value is -1.42. The maximum atomic E-state index is 12.3. The Bertz CT molecular complexity index is 647. The van der Waals surface area contributed by atoms with Crippen LogP contribution in [-0.4, -0.2) is 38.5 Å². The highest BCUT2D eigenvalue weighted by Crippen LogP contribution is 2.30. The van der Waals surface area contributed by atoms with Crippen LogP contribution in [0.25, 0.3) is 0 Å². The van der Waals surface area contributed by atoms with Crippen LogP contribution in [0.2, 0.25) is 0 Å². The highest BCUT2D eigenvalue weighted by molar-refractivity contribution is 7.89. The van der Waals surface area contributed by atoms with E-state index >= 15 is 0 Å². The van der Waals surface area contributed by atoms with Gasteiger partial charge in [-0.1, -0.05) is 6.07 Å². The van der Waals surface area contributed by atoms with Gasteiger partial charge >= 0.3 is 0 Å². The number of nitriles is 1. The van der Waals surface area contributed by atoms with Gasteiger partial charge < -0.3 is 0 Å². The van der Waals surface area contributed by atoms with Crippen LogP contribution in [0.1, 0.15) is 24.8 Å². The van der Waals surface area contributed by atoms with Crippen molar-refractivity contribution < 1.29 is 8.42 Å². The van der Waals surface area contributed by atoms with Gasteiger partial charge in [0.2, 0.25) is 10.0 Å². The quantitative estimate of drug-likeness (QED) is 0.900. The number of nitrogens with zero attached hydrogens (tertiary/aromatic N) is 2. The first-order valence-corrected chi connectivity index (χ1v) is 8.33. The molecule has 1 aromatic rings. The molecule has 0 amide bonds. The molecule has 0 radical (unpaired) electrons. The fourth-order valence-electron chi connectivity index (χ4n) is 2.68. The van der Waals surface area contributed by atoms with Gasteiger partial charge in [0.05, 0.1) is 16.5 Å². The first-order chi connectivity index (χ1) is 9.58. The van der Waals surface area contributed by atoms with Crippen molar-refractivity contribution in [1.82, 2.24) is 9.62 Å². The molecule has 1 heterocycles. The second kappa shape index (κ2) is 5.17. The summed E-state index contributed by atoms with van der Waals surface area (Å²) in [6.07, 6.45) is 3.33. The minimum atomic E-state index is -3.53. The molecule has 1 unspecified atom stereocenters. The molecular formula is C14H17N3O2S. The lowest BCUT2D eigenvalue weighted by Crippen LogP contribution is -2.37. The number of benzene rings is 1. The minimum absolute atomic E-state index is 0.0219. The van der Waals surface area contributed by atoms with Crippen molar-refractivity contribution >= 4 is 10.0 Å². The number of rotatable bonds is 4. The number of hydrogen-bond donors (Lipinski definition) is 1. The van der Waals surface area contributed by atoms with Gasteiger partial charge in [0.15, 0.2) is 0 Å². The summed E-state index contributed by atoms with van der Waals surface area (Å²) >= 11 is 0. The monoisotopic (exact) mass is 291 g/mol. The van der Waals surface area contributed by atoms with E-state index < -0.39 is 10.0 Å². The fraction of sp³-hybridized carbons (Fsp3) is 0.500. The number of likely N-dealkylation sites (tertiary alicyclic amines) is 1. The van der Waals surface area contributed by atoms with Crippen LogP contribution >= 0.6 is 0 Å². The summed E-state index contributed by atoms with van der Waals surface area (Å²) in [6, 6.07) is 8.75. The van der Waals surface area contributed by atoms with Crippen molar-refractivity contribution in [1.29, 1.82) is 5.26 Å². The molecule has 0 spiro atoms. The second-order valence-corrected chi connectivity index (χ2v) is 7.19. The van der Waals surface area contributed by atoms with Crippen LogP contribution < -0.4 is 4.72 Å². The van der Waals surface area contributed by atoms with Crippen LogP contribution in [0.3, 0.4) is 0 Å². The van der Waals surface area contributed by atoms with Crippen molar-refractivity contribution in [2.45, 2.75) is 36.2 Å². The molecule has 1 atom stereocenters. The zero-order valence-electron chi connectivity index (χ0n) is 11.1. The summed E-state index contributed by atoms with van der Waals surface area (Å²) in [5, 5.41) is 8.84. The molecule has 3 rings (SSSR count). The van der Waals surface area contributed by atoms with E-state index in [1.54, 1.807) is 12.1 Å². The van der Waals surface area contributed by atoms with Gasteiger partial charge in [0.25, 0.3) is 0 Å². The maximum absolute atomic E-state index is 12.3. The first-order valence-electron chi connectivity index (χ1n) is 6.85. The van der Waals surface area contributed by atoms with Gasteiger partial charge in [0.1, 0.15) is 0 Å². The van der Waals surface area contributed by atoms with Crippen LogP contribution in [-0.2, 0) is 10.0 Å². The molecule has 1 aliphatic heterocycles. The lowest BCUT2D eigenvalue weighted by molar-refractivity contribution is 0.322. The van der Waals surface area contributed by atoms with E-state index in [9.17, 15) is 8.42 Å². The maximum Gasteiger partial charge on any atom is 0.240 e. The van der Waals surface area contributed by atoms with E-state index in [0.717, 1.165) is 19.5 Å². The van der Waals surface area contributed by atoms with Gasteiger partial charge in [-0.15, -0.1) is 0 Å². The number of hydrogen-bond acceptors (Lipinski definition) is 4. The van der Waals surface area contributed by atoms with E-state index in [-0.39, 0.29) is 10.9 Å². The smallest absolute Gasteiger partial charge is 0.240 e. The van der Waals surface area contributed by atoms with E-state index in [1.165, 1.54) is 25.0 Å². The predicted molar refractivity (Wildman–Crippen MR) is 74.5 cm³/mol. The fourth-order valence-corrected chi connectivity index (χ4v) is 3.98. The highest BCUT2D eigenvalue weighted by Gasteiger charge is 2.35. The summed E-state index contributed by atoms with van der Waals surface area (Å²) < 4.78 is 27.4. The molecule has 1 aromatic carbocycles. The van der Waals surface area contributed by atoms with Gasteiger partial charge in [-0.2, -0.15) is 5.26 Å². The van der Waals surface area contributed by atoms with Crippen LogP contribution in [0.4, 0.5) is 0 Å². The third-order valence-electron chi connectivity index (χ3n) is 3.88. The van der Waals surface area contributed by atoms with Crippen molar-refractivity contribution in [3.63, 3.8) is 0 Å². The van der Waals surface area contributed by atoms with Crippen LogP contribution in [0.5, 0.6) is 0 Å². The standard InChI is InChI=1S/C14H17N3O2S/c15-9-11-2-1-3-14(8-11)20(18,19)16-12-6-7-17(10-12)13-4-5-13/h1-3,8,12-13,16H,4-7,10H2. The third kappa shape index (κ3) is 2.85. The predicted octanol–water partition coefficient (Wildman–Crippen LogP) is 1.07. The molecule has 20 heavy (non-hydrogen) atoms. The molecule has 5 nitrogen and oxygen atoms in total. The normalized spacial score (nSPS) is 23.6. The molecule has 1 aliphatic carbocycles. The molecule has 1 saturated heterocycles. The molecule has 1 N–H and O–H groups in total. The first kappa shape index (κ1) is 13.6. The Kier molecular flexibility index (Phi) is 3.50. The topological polar surface area (TPSA) is 73.2 Å². The lowest BCUT2D eigenvalue weighted by Gasteiger charge is -2.16. The van der Waals surface area contributed by atoms with Gasteiger partial charge in [0, 0.05) is 25.2 Å². The molecule has 2 aliphatic rings. The summed E-state index contributed by atoms with van der Waals surface area (Å²) in [7, 11) is -3.53. The van der Waals surface area contributed by atoms with Gasteiger partial charge in [-0.25, -0.2) is 13.1 Å². The van der Waals surface area contributed by atoms with E-state index in [0.29, 0.717) is 11.6 Å². The molecule has 2 fully saturated rings. The van der Waals surface area contributed by atoms with Gasteiger partial charge in [-0.3, -0.25) is 4.90 Å². The minimum Gasteiger partial charge on any atom is -0.299 e. The number of nitrogens with one attached hydrogen (secondary N) is 1. The molecule has 0 aromatic heterocycles. The molecule has 106 valence electrons. The Morgan fingerprint density at radius 2 is 2.10 bits per heavy atom. The zero-order valence-corrected chi connectivity index (χ0v) is 11.9. The molecule has 6 heteroatoms. The lowest BCUT2D eigenvalue weighted by atomic mass is 10.2. The van der Waals surface area contributed by atoms with E-state index in [2.05, 4.69) is 9.62 Å². The summed E-state index contributed by atoms with van der Waals surface area (Å²) in [6.45, 7) is 1.76. The van der Waals surface area contributed by atoms with Gasteiger partial charge in [-0.05, 0) is 37.5 Å². The molecule has 1 saturated carbocycles. The summed E-state index contributed by atoms with van der Waals surface area (Å²) in [5.74, 6) is 0. The second-order valence-electron chi connectivity index (χ2n) is 5.47. The van der Waals surface area contributed by atoms with Crippen molar-refractivity contribution in [2.75, 3.05) is 13.1 Å². The van der Waals surface area contributed by atoms with E-state index in [1.807, 2.05) is 6.07 Å². The largest absolute Gasteiger partial charge is 0.299 e. The Balaban J connectivity index is 1.70. The van der Waals surface area contributed by atoms with Crippen LogP contribution in [0, 0.1) is 11.3 Å². The van der Waals surface area contributed by atoms with Crippen LogP contribution in [0.15, 0.2) is 29.2 Å². The average Bonchev–Trinajstić information content (AvgIpc) is 3.20. The van der Waals surface area contributed by atoms with Crippen molar-refractivity contribution in [2.24, 2.45) is 0 Å². The summed E-state index contributed by atoms with van der Waals surface area (Å²) in [5.41, 5.74) is 0.360. The van der Waals surface area contributed by atoms with Crippen molar-refractivity contribution in [3.8, 4) is 6.07 Å². The Labute approximate surface area is 119 Å².